The predicted molar refractivity (Wildman–Crippen MR) is 71.7 cm³/mol. The van der Waals surface area contributed by atoms with Crippen LogP contribution in [0.2, 0.25) is 0 Å². The lowest BCUT2D eigenvalue weighted by atomic mass is 9.95. The Morgan fingerprint density at radius 3 is 2.76 bits per heavy atom. The molecule has 2 unspecified atom stereocenters. The molecule has 1 aliphatic rings. The second kappa shape index (κ2) is 6.91. The van der Waals surface area contributed by atoms with Crippen LogP contribution in [0.3, 0.4) is 0 Å². The van der Waals surface area contributed by atoms with Crippen molar-refractivity contribution in [3.8, 4) is 0 Å². The van der Waals surface area contributed by atoms with Gasteiger partial charge in [-0.05, 0) is 25.2 Å². The van der Waals surface area contributed by atoms with Crippen molar-refractivity contribution in [2.75, 3.05) is 13.2 Å². The van der Waals surface area contributed by atoms with Gasteiger partial charge in [0.2, 0.25) is 5.91 Å². The van der Waals surface area contributed by atoms with Gasteiger partial charge in [0.05, 0.1) is 17.0 Å². The minimum atomic E-state index is -0.366. The number of amides is 1. The molecule has 0 aliphatic carbocycles. The average Bonchev–Trinajstić information content (AvgIpc) is 2.69. The molecule has 2 atom stereocenters. The van der Waals surface area contributed by atoms with Crippen molar-refractivity contribution in [2.24, 2.45) is 17.6 Å². The van der Waals surface area contributed by atoms with Crippen LogP contribution in [0.25, 0.3) is 0 Å². The highest BCUT2D eigenvalue weighted by atomic mass is 32.1. The van der Waals surface area contributed by atoms with E-state index >= 15 is 0 Å². The molecule has 1 saturated heterocycles. The molecule has 98 valence electrons. The van der Waals surface area contributed by atoms with Crippen molar-refractivity contribution in [1.82, 2.24) is 5.32 Å². The van der Waals surface area contributed by atoms with Gasteiger partial charge < -0.3 is 15.8 Å². The molecular formula is C12H22N2O2S. The third kappa shape index (κ3) is 4.60. The minimum Gasteiger partial charge on any atom is -0.393 e. The van der Waals surface area contributed by atoms with Crippen molar-refractivity contribution in [1.29, 1.82) is 0 Å². The summed E-state index contributed by atoms with van der Waals surface area (Å²) in [5.74, 6) is -0.296. The smallest absolute Gasteiger partial charge is 0.230 e. The summed E-state index contributed by atoms with van der Waals surface area (Å²) in [5, 5.41) is 2.89. The van der Waals surface area contributed by atoms with Gasteiger partial charge in [-0.1, -0.05) is 26.1 Å². The van der Waals surface area contributed by atoms with E-state index in [4.69, 9.17) is 22.7 Å². The number of ether oxygens (including phenoxy) is 1. The van der Waals surface area contributed by atoms with Crippen LogP contribution in [0.5, 0.6) is 0 Å². The van der Waals surface area contributed by atoms with E-state index in [0.29, 0.717) is 12.6 Å². The highest BCUT2D eigenvalue weighted by molar-refractivity contribution is 7.80. The summed E-state index contributed by atoms with van der Waals surface area (Å²) in [6.07, 6.45) is 3.39. The molecule has 1 rings (SSSR count). The third-order valence-electron chi connectivity index (χ3n) is 3.05. The lowest BCUT2D eigenvalue weighted by Gasteiger charge is -2.19. The van der Waals surface area contributed by atoms with Crippen molar-refractivity contribution < 1.29 is 9.53 Å². The monoisotopic (exact) mass is 258 g/mol. The minimum absolute atomic E-state index is 0.0644. The molecule has 0 aromatic heterocycles. The lowest BCUT2D eigenvalue weighted by Crippen LogP contribution is -2.41. The van der Waals surface area contributed by atoms with E-state index in [9.17, 15) is 4.79 Å². The van der Waals surface area contributed by atoms with Crippen LogP contribution in [0.15, 0.2) is 0 Å². The standard InChI is InChI=1S/C12H22N2O2S/c1-8(2)10(11(13)17)12(15)14-6-5-9-4-3-7-16-9/h8-10H,3-7H2,1-2H3,(H2,13,17)(H,14,15). The van der Waals surface area contributed by atoms with E-state index in [2.05, 4.69) is 5.32 Å². The summed E-state index contributed by atoms with van der Waals surface area (Å²) < 4.78 is 5.49. The molecule has 1 fully saturated rings. The van der Waals surface area contributed by atoms with Gasteiger partial charge in [0.15, 0.2) is 0 Å². The molecule has 1 heterocycles. The first kappa shape index (κ1) is 14.4. The van der Waals surface area contributed by atoms with Crippen LogP contribution >= 0.6 is 12.2 Å². The maximum Gasteiger partial charge on any atom is 0.230 e. The van der Waals surface area contributed by atoms with Crippen LogP contribution < -0.4 is 11.1 Å². The van der Waals surface area contributed by atoms with E-state index in [0.717, 1.165) is 25.9 Å². The van der Waals surface area contributed by atoms with Crippen LogP contribution in [-0.2, 0) is 9.53 Å². The Morgan fingerprint density at radius 2 is 2.29 bits per heavy atom. The van der Waals surface area contributed by atoms with Crippen molar-refractivity contribution in [3.63, 3.8) is 0 Å². The third-order valence-corrected chi connectivity index (χ3v) is 3.30. The van der Waals surface area contributed by atoms with Gasteiger partial charge in [-0.25, -0.2) is 0 Å². The first-order valence-corrected chi connectivity index (χ1v) is 6.61. The van der Waals surface area contributed by atoms with E-state index in [-0.39, 0.29) is 22.7 Å². The Balaban J connectivity index is 2.29. The Kier molecular flexibility index (Phi) is 5.85. The van der Waals surface area contributed by atoms with Gasteiger partial charge in [-0.2, -0.15) is 0 Å². The van der Waals surface area contributed by atoms with Gasteiger partial charge in [-0.15, -0.1) is 0 Å². The largest absolute Gasteiger partial charge is 0.393 e. The molecular weight excluding hydrogens is 236 g/mol. The zero-order valence-corrected chi connectivity index (χ0v) is 11.4. The summed E-state index contributed by atoms with van der Waals surface area (Å²) in [6, 6.07) is 0. The van der Waals surface area contributed by atoms with Crippen LogP contribution in [0.1, 0.15) is 33.1 Å². The molecule has 1 aliphatic heterocycles. The number of nitrogens with one attached hydrogen (secondary N) is 1. The Bertz CT molecular complexity index is 276. The highest BCUT2D eigenvalue weighted by Crippen LogP contribution is 2.15. The maximum absolute atomic E-state index is 11.9. The van der Waals surface area contributed by atoms with Crippen LogP contribution in [-0.4, -0.2) is 30.2 Å². The van der Waals surface area contributed by atoms with E-state index < -0.39 is 0 Å². The average molecular weight is 258 g/mol. The summed E-state index contributed by atoms with van der Waals surface area (Å²) in [4.78, 5) is 12.2. The molecule has 3 N–H and O–H groups in total. The SMILES string of the molecule is CC(C)C(C(=O)NCCC1CCCO1)C(N)=S. The number of carbonyl (C=O) groups excluding carboxylic acids is 1. The molecule has 5 heteroatoms. The zero-order chi connectivity index (χ0) is 12.8. The first-order valence-electron chi connectivity index (χ1n) is 6.21. The molecule has 0 spiro atoms. The van der Waals surface area contributed by atoms with Crippen LogP contribution in [0.4, 0.5) is 0 Å². The fraction of sp³-hybridized carbons (Fsp3) is 0.833. The van der Waals surface area contributed by atoms with E-state index in [1.165, 1.54) is 0 Å². The Hall–Kier alpha value is -0.680. The van der Waals surface area contributed by atoms with Gasteiger partial charge in [0, 0.05) is 13.2 Å². The van der Waals surface area contributed by atoms with Gasteiger partial charge in [0.1, 0.15) is 0 Å². The molecule has 0 aromatic rings. The number of hydrogen-bond acceptors (Lipinski definition) is 3. The summed E-state index contributed by atoms with van der Waals surface area (Å²) >= 11 is 4.92. The second-order valence-electron chi connectivity index (χ2n) is 4.84. The number of rotatable bonds is 6. The van der Waals surface area contributed by atoms with Gasteiger partial charge in [0.25, 0.3) is 0 Å². The normalized spacial score (nSPS) is 21.5. The lowest BCUT2D eigenvalue weighted by molar-refractivity contribution is -0.124. The fourth-order valence-corrected chi connectivity index (χ4v) is 2.48. The number of nitrogens with two attached hydrogens (primary N) is 1. The van der Waals surface area contributed by atoms with Crippen molar-refractivity contribution in [3.05, 3.63) is 0 Å². The Morgan fingerprint density at radius 1 is 1.59 bits per heavy atom. The molecule has 0 aromatic carbocycles. The van der Waals surface area contributed by atoms with E-state index in [1.54, 1.807) is 0 Å². The highest BCUT2D eigenvalue weighted by Gasteiger charge is 2.25. The van der Waals surface area contributed by atoms with Gasteiger partial charge in [-0.3, -0.25) is 4.79 Å². The second-order valence-corrected chi connectivity index (χ2v) is 5.31. The molecule has 4 nitrogen and oxygen atoms in total. The van der Waals surface area contributed by atoms with Crippen molar-refractivity contribution in [2.45, 2.75) is 39.2 Å². The maximum atomic E-state index is 11.9. The number of thiocarbonyl (C=S) groups is 1. The van der Waals surface area contributed by atoms with Gasteiger partial charge >= 0.3 is 0 Å². The van der Waals surface area contributed by atoms with Crippen LogP contribution in [0, 0.1) is 11.8 Å². The molecule has 1 amide bonds. The molecule has 17 heavy (non-hydrogen) atoms. The summed E-state index contributed by atoms with van der Waals surface area (Å²) in [5.41, 5.74) is 5.58. The molecule has 0 bridgehead atoms. The molecule has 0 saturated carbocycles. The number of hydrogen-bond donors (Lipinski definition) is 2. The summed E-state index contributed by atoms with van der Waals surface area (Å²) in [6.45, 7) is 5.38. The van der Waals surface area contributed by atoms with Crippen molar-refractivity contribution >= 4 is 23.1 Å². The van der Waals surface area contributed by atoms with E-state index in [1.807, 2.05) is 13.8 Å². The summed E-state index contributed by atoms with van der Waals surface area (Å²) in [7, 11) is 0. The fourth-order valence-electron chi connectivity index (χ4n) is 2.10. The number of carbonyl (C=O) groups is 1. The quantitative estimate of drug-likeness (QED) is 0.703. The topological polar surface area (TPSA) is 64.3 Å². The zero-order valence-electron chi connectivity index (χ0n) is 10.6. The Labute approximate surface area is 108 Å². The first-order chi connectivity index (χ1) is 8.02. The molecule has 0 radical (unpaired) electrons. The predicted octanol–water partition coefficient (Wildman–Crippen LogP) is 1.23.